The van der Waals surface area contributed by atoms with Gasteiger partial charge in [-0.1, -0.05) is 6.07 Å². The lowest BCUT2D eigenvalue weighted by Crippen LogP contribution is -2.38. The number of aliphatic hydroxyl groups is 1. The second kappa shape index (κ2) is 6.93. The maximum Gasteiger partial charge on any atom is 0.252 e. The van der Waals surface area contributed by atoms with Gasteiger partial charge in [0.05, 0.1) is 19.2 Å². The molecule has 0 unspecified atom stereocenters. The largest absolute Gasteiger partial charge is 0.497 e. The summed E-state index contributed by atoms with van der Waals surface area (Å²) in [5.41, 5.74) is -0.204. The van der Waals surface area contributed by atoms with Crippen molar-refractivity contribution >= 4 is 21.8 Å². The summed E-state index contributed by atoms with van der Waals surface area (Å²) in [6, 6.07) is 10.3. The molecule has 6 nitrogen and oxygen atoms in total. The van der Waals surface area contributed by atoms with Gasteiger partial charge in [0.15, 0.2) is 11.5 Å². The quantitative estimate of drug-likeness (QED) is 0.796. The van der Waals surface area contributed by atoms with Crippen LogP contribution in [0.2, 0.25) is 0 Å². The van der Waals surface area contributed by atoms with E-state index in [4.69, 9.17) is 14.2 Å². The van der Waals surface area contributed by atoms with Crippen LogP contribution in [-0.2, 0) is 5.60 Å². The molecule has 0 aliphatic carbocycles. The van der Waals surface area contributed by atoms with Crippen molar-refractivity contribution < 1.29 is 24.1 Å². The SMILES string of the molecule is COc1ccc(Br)c(C(=O)NC[C@](C)(O)c2ccc3c(c2)OCO3)c1. The first-order valence-corrected chi connectivity index (χ1v) is 8.44. The fourth-order valence-electron chi connectivity index (χ4n) is 2.49. The van der Waals surface area contributed by atoms with E-state index in [1.165, 1.54) is 7.11 Å². The van der Waals surface area contributed by atoms with Gasteiger partial charge in [-0.25, -0.2) is 0 Å². The number of amides is 1. The Morgan fingerprint density at radius 2 is 2.04 bits per heavy atom. The number of carbonyl (C=O) groups excluding carboxylic acids is 1. The molecule has 1 atom stereocenters. The third-order valence-corrected chi connectivity index (χ3v) is 4.70. The average Bonchev–Trinajstić information content (AvgIpc) is 3.08. The summed E-state index contributed by atoms with van der Waals surface area (Å²) in [5, 5.41) is 13.5. The van der Waals surface area contributed by atoms with Crippen LogP contribution in [-0.4, -0.2) is 31.5 Å². The van der Waals surface area contributed by atoms with E-state index in [1.807, 2.05) is 0 Å². The van der Waals surface area contributed by atoms with E-state index in [0.29, 0.717) is 32.8 Å². The molecule has 0 fully saturated rings. The number of methoxy groups -OCH3 is 1. The number of nitrogens with one attached hydrogen (secondary N) is 1. The van der Waals surface area contributed by atoms with Crippen molar-refractivity contribution in [1.82, 2.24) is 5.32 Å². The smallest absolute Gasteiger partial charge is 0.252 e. The summed E-state index contributed by atoms with van der Waals surface area (Å²) in [6.45, 7) is 1.84. The normalized spacial score (nSPS) is 14.7. The second-order valence-electron chi connectivity index (χ2n) is 5.87. The minimum Gasteiger partial charge on any atom is -0.497 e. The summed E-state index contributed by atoms with van der Waals surface area (Å²) in [7, 11) is 1.54. The van der Waals surface area contributed by atoms with E-state index < -0.39 is 5.60 Å². The molecule has 25 heavy (non-hydrogen) atoms. The molecule has 1 amide bonds. The maximum atomic E-state index is 12.4. The molecule has 0 saturated heterocycles. The Balaban J connectivity index is 1.72. The molecule has 2 aromatic rings. The molecule has 3 rings (SSSR count). The molecule has 0 aromatic heterocycles. The van der Waals surface area contributed by atoms with E-state index in [2.05, 4.69) is 21.2 Å². The van der Waals surface area contributed by atoms with E-state index in [9.17, 15) is 9.90 Å². The first-order chi connectivity index (χ1) is 11.9. The Hall–Kier alpha value is -2.25. The van der Waals surface area contributed by atoms with Crippen molar-refractivity contribution in [3.63, 3.8) is 0 Å². The van der Waals surface area contributed by atoms with Crippen LogP contribution in [0.15, 0.2) is 40.9 Å². The van der Waals surface area contributed by atoms with E-state index >= 15 is 0 Å². The highest BCUT2D eigenvalue weighted by Crippen LogP contribution is 2.35. The number of rotatable bonds is 5. The Bertz CT molecular complexity index is 806. The Morgan fingerprint density at radius 3 is 2.80 bits per heavy atom. The third-order valence-electron chi connectivity index (χ3n) is 4.01. The molecule has 1 heterocycles. The van der Waals surface area contributed by atoms with Crippen molar-refractivity contribution in [2.45, 2.75) is 12.5 Å². The van der Waals surface area contributed by atoms with Crippen LogP contribution < -0.4 is 19.5 Å². The summed E-state index contributed by atoms with van der Waals surface area (Å²) >= 11 is 3.35. The van der Waals surface area contributed by atoms with Gasteiger partial charge in [0.1, 0.15) is 11.4 Å². The monoisotopic (exact) mass is 407 g/mol. The van der Waals surface area contributed by atoms with Crippen LogP contribution >= 0.6 is 15.9 Å². The summed E-state index contributed by atoms with van der Waals surface area (Å²) < 4.78 is 16.4. The predicted molar refractivity (Wildman–Crippen MR) is 95.2 cm³/mol. The number of carbonyl (C=O) groups is 1. The lowest BCUT2D eigenvalue weighted by Gasteiger charge is -2.24. The van der Waals surface area contributed by atoms with Crippen molar-refractivity contribution in [2.24, 2.45) is 0 Å². The standard InChI is InChI=1S/C18H18BrNO5/c1-18(22,11-3-6-15-16(7-11)25-10-24-15)9-20-17(21)13-8-12(23-2)4-5-14(13)19/h3-8,22H,9-10H2,1-2H3,(H,20,21)/t18-/m0/s1. The third kappa shape index (κ3) is 3.72. The van der Waals surface area contributed by atoms with Gasteiger partial charge in [-0.15, -0.1) is 0 Å². The fourth-order valence-corrected chi connectivity index (χ4v) is 2.91. The molecule has 0 radical (unpaired) electrons. The predicted octanol–water partition coefficient (Wildman–Crippen LogP) is 2.82. The van der Waals surface area contributed by atoms with Crippen LogP contribution in [0.25, 0.3) is 0 Å². The summed E-state index contributed by atoms with van der Waals surface area (Å²) in [6.07, 6.45) is 0. The lowest BCUT2D eigenvalue weighted by atomic mass is 9.95. The first kappa shape index (κ1) is 17.6. The van der Waals surface area contributed by atoms with Crippen molar-refractivity contribution in [2.75, 3.05) is 20.4 Å². The van der Waals surface area contributed by atoms with Gasteiger partial charge in [0.2, 0.25) is 6.79 Å². The van der Waals surface area contributed by atoms with Crippen LogP contribution in [0.1, 0.15) is 22.8 Å². The molecule has 1 aliphatic rings. The van der Waals surface area contributed by atoms with Gasteiger partial charge in [-0.05, 0) is 58.7 Å². The molecule has 0 spiro atoms. The number of hydrogen-bond acceptors (Lipinski definition) is 5. The van der Waals surface area contributed by atoms with Crippen LogP contribution in [0.3, 0.4) is 0 Å². The minimum absolute atomic E-state index is 0.0368. The molecule has 0 bridgehead atoms. The zero-order chi connectivity index (χ0) is 18.0. The zero-order valence-corrected chi connectivity index (χ0v) is 15.4. The summed E-state index contributed by atoms with van der Waals surface area (Å²) in [5.74, 6) is 1.49. The van der Waals surface area contributed by atoms with Gasteiger partial charge >= 0.3 is 0 Å². The average molecular weight is 408 g/mol. The fraction of sp³-hybridized carbons (Fsp3) is 0.278. The van der Waals surface area contributed by atoms with E-state index in [-0.39, 0.29) is 19.2 Å². The molecule has 7 heteroatoms. The second-order valence-corrected chi connectivity index (χ2v) is 6.72. The molecular weight excluding hydrogens is 390 g/mol. The van der Waals surface area contributed by atoms with E-state index in [1.54, 1.807) is 43.3 Å². The topological polar surface area (TPSA) is 77.0 Å². The molecule has 0 saturated carbocycles. The highest BCUT2D eigenvalue weighted by Gasteiger charge is 2.27. The van der Waals surface area contributed by atoms with Gasteiger partial charge in [0, 0.05) is 4.47 Å². The highest BCUT2D eigenvalue weighted by atomic mass is 79.9. The molecule has 1 aliphatic heterocycles. The molecule has 2 N–H and O–H groups in total. The van der Waals surface area contributed by atoms with Crippen molar-refractivity contribution in [3.8, 4) is 17.2 Å². The van der Waals surface area contributed by atoms with Crippen LogP contribution in [0, 0.1) is 0 Å². The first-order valence-electron chi connectivity index (χ1n) is 7.65. The van der Waals surface area contributed by atoms with E-state index in [0.717, 1.165) is 0 Å². The van der Waals surface area contributed by atoms with Gasteiger partial charge in [-0.2, -0.15) is 0 Å². The summed E-state index contributed by atoms with van der Waals surface area (Å²) in [4.78, 5) is 12.4. The number of hydrogen-bond donors (Lipinski definition) is 2. The Morgan fingerprint density at radius 1 is 1.28 bits per heavy atom. The Labute approximate surface area is 153 Å². The van der Waals surface area contributed by atoms with Gasteiger partial charge in [-0.3, -0.25) is 4.79 Å². The van der Waals surface area contributed by atoms with Crippen molar-refractivity contribution in [3.05, 3.63) is 52.0 Å². The molecule has 2 aromatic carbocycles. The van der Waals surface area contributed by atoms with Crippen LogP contribution in [0.5, 0.6) is 17.2 Å². The molecule has 132 valence electrons. The van der Waals surface area contributed by atoms with Gasteiger partial charge < -0.3 is 24.6 Å². The van der Waals surface area contributed by atoms with Crippen molar-refractivity contribution in [1.29, 1.82) is 0 Å². The number of fused-ring (bicyclic) bond motifs is 1. The maximum absolute atomic E-state index is 12.4. The number of benzene rings is 2. The number of halogens is 1. The molecular formula is C18H18BrNO5. The minimum atomic E-state index is -1.26. The Kier molecular flexibility index (Phi) is 4.87. The highest BCUT2D eigenvalue weighted by molar-refractivity contribution is 9.10. The van der Waals surface area contributed by atoms with Crippen LogP contribution in [0.4, 0.5) is 0 Å². The lowest BCUT2D eigenvalue weighted by molar-refractivity contribution is 0.0524. The number of ether oxygens (including phenoxy) is 3. The zero-order valence-electron chi connectivity index (χ0n) is 13.8. The van der Waals surface area contributed by atoms with Gasteiger partial charge in [0.25, 0.3) is 5.91 Å².